The van der Waals surface area contributed by atoms with Crippen molar-refractivity contribution in [2.45, 2.75) is 50.6 Å². The van der Waals surface area contributed by atoms with Crippen LogP contribution in [0.4, 0.5) is 0 Å². The number of nitrogens with one attached hydrogen (secondary N) is 1. The van der Waals surface area contributed by atoms with Crippen molar-refractivity contribution < 1.29 is 9.90 Å². The molecule has 1 aliphatic carbocycles. The van der Waals surface area contributed by atoms with Gasteiger partial charge in [0.2, 0.25) is 0 Å². The van der Waals surface area contributed by atoms with Crippen LogP contribution in [-0.4, -0.2) is 52.8 Å². The Kier molecular flexibility index (Phi) is 5.16. The maximum absolute atomic E-state index is 12.2. The van der Waals surface area contributed by atoms with Crippen LogP contribution in [0.5, 0.6) is 0 Å². The van der Waals surface area contributed by atoms with Crippen LogP contribution in [0.1, 0.15) is 55.1 Å². The van der Waals surface area contributed by atoms with Crippen LogP contribution in [0.2, 0.25) is 0 Å². The second-order valence-corrected chi connectivity index (χ2v) is 6.51. The molecule has 2 N–H and O–H groups in total. The number of unbranched alkanes of at least 4 members (excludes halogenated alkanes) is 1. The molecular weight excluding hydrogens is 278 g/mol. The normalized spacial score (nSPS) is 22.1. The van der Waals surface area contributed by atoms with Crippen LogP contribution in [0.25, 0.3) is 0 Å². The molecule has 5 heteroatoms. The number of aliphatic hydroxyl groups is 1. The Morgan fingerprint density at radius 1 is 1.32 bits per heavy atom. The molecule has 1 aromatic rings. The Morgan fingerprint density at radius 2 is 2.18 bits per heavy atom. The van der Waals surface area contributed by atoms with Gasteiger partial charge in [-0.3, -0.25) is 9.69 Å². The van der Waals surface area contributed by atoms with E-state index in [-0.39, 0.29) is 12.5 Å². The molecule has 22 heavy (non-hydrogen) atoms. The first-order valence-electron chi connectivity index (χ1n) is 8.59. The van der Waals surface area contributed by atoms with Crippen molar-refractivity contribution in [2.75, 3.05) is 26.2 Å². The van der Waals surface area contributed by atoms with Gasteiger partial charge in [0.05, 0.1) is 6.61 Å². The number of carbonyl (C=O) groups is 1. The van der Waals surface area contributed by atoms with Crippen LogP contribution in [0, 0.1) is 0 Å². The van der Waals surface area contributed by atoms with Gasteiger partial charge < -0.3 is 15.0 Å². The Labute approximate surface area is 132 Å². The van der Waals surface area contributed by atoms with Gasteiger partial charge in [-0.15, -0.1) is 0 Å². The van der Waals surface area contributed by atoms with Gasteiger partial charge in [0.1, 0.15) is 5.69 Å². The van der Waals surface area contributed by atoms with Crippen LogP contribution in [0.3, 0.4) is 0 Å². The molecule has 1 unspecified atom stereocenters. The van der Waals surface area contributed by atoms with Crippen molar-refractivity contribution in [1.82, 2.24) is 14.8 Å². The van der Waals surface area contributed by atoms with Crippen molar-refractivity contribution in [3.8, 4) is 0 Å². The standard InChI is InChI=1S/C17H27N3O2/c21-13-15-5-3-11-19(15)10-2-1-9-18-17(22)16-6-4-12-20(16)14-7-8-14/h4,6,12,14-15,21H,1-3,5,7-11,13H2,(H,18,22). The molecule has 2 heterocycles. The summed E-state index contributed by atoms with van der Waals surface area (Å²) in [5.74, 6) is 0.0475. The van der Waals surface area contributed by atoms with Gasteiger partial charge in [-0.05, 0) is 63.7 Å². The number of aliphatic hydroxyl groups excluding tert-OH is 1. The highest BCUT2D eigenvalue weighted by molar-refractivity contribution is 5.92. The third-order valence-corrected chi connectivity index (χ3v) is 4.82. The topological polar surface area (TPSA) is 57.5 Å². The third-order valence-electron chi connectivity index (χ3n) is 4.82. The lowest BCUT2D eigenvalue weighted by atomic mass is 10.2. The fraction of sp³-hybridized carbons (Fsp3) is 0.706. The zero-order valence-electron chi connectivity index (χ0n) is 13.2. The number of rotatable bonds is 8. The molecule has 1 saturated carbocycles. The maximum Gasteiger partial charge on any atom is 0.267 e. The SMILES string of the molecule is O=C(NCCCCN1CCCC1CO)c1cccn1C1CC1. The Morgan fingerprint density at radius 3 is 2.95 bits per heavy atom. The van der Waals surface area contributed by atoms with Gasteiger partial charge in [0.25, 0.3) is 5.91 Å². The molecular formula is C17H27N3O2. The molecule has 1 saturated heterocycles. The highest BCUT2D eigenvalue weighted by Crippen LogP contribution is 2.35. The van der Waals surface area contributed by atoms with Crippen LogP contribution < -0.4 is 5.32 Å². The number of likely N-dealkylation sites (tertiary alicyclic amines) is 1. The average molecular weight is 305 g/mol. The van der Waals surface area contributed by atoms with Crippen molar-refractivity contribution in [3.63, 3.8) is 0 Å². The minimum absolute atomic E-state index is 0.0475. The van der Waals surface area contributed by atoms with Crippen LogP contribution in [0.15, 0.2) is 18.3 Å². The number of aromatic nitrogens is 1. The van der Waals surface area contributed by atoms with Crippen LogP contribution in [-0.2, 0) is 0 Å². The van der Waals surface area contributed by atoms with E-state index in [1.807, 2.05) is 18.3 Å². The van der Waals surface area contributed by atoms with Crippen molar-refractivity contribution in [3.05, 3.63) is 24.0 Å². The van der Waals surface area contributed by atoms with Crippen molar-refractivity contribution in [2.24, 2.45) is 0 Å². The first-order chi connectivity index (χ1) is 10.8. The van der Waals surface area contributed by atoms with Gasteiger partial charge >= 0.3 is 0 Å². The van der Waals surface area contributed by atoms with E-state index in [2.05, 4.69) is 14.8 Å². The lowest BCUT2D eigenvalue weighted by molar-refractivity contribution is 0.0942. The van der Waals surface area contributed by atoms with E-state index in [0.29, 0.717) is 12.1 Å². The first-order valence-corrected chi connectivity index (χ1v) is 8.59. The minimum Gasteiger partial charge on any atom is -0.395 e. The molecule has 2 fully saturated rings. The predicted octanol–water partition coefficient (Wildman–Crippen LogP) is 1.79. The number of nitrogens with zero attached hydrogens (tertiary/aromatic N) is 2. The zero-order chi connectivity index (χ0) is 15.4. The van der Waals surface area contributed by atoms with Crippen molar-refractivity contribution >= 4 is 5.91 Å². The van der Waals surface area contributed by atoms with E-state index in [1.54, 1.807) is 0 Å². The lowest BCUT2D eigenvalue weighted by Crippen LogP contribution is -2.33. The molecule has 2 aliphatic rings. The van der Waals surface area contributed by atoms with E-state index in [1.165, 1.54) is 19.3 Å². The largest absolute Gasteiger partial charge is 0.395 e. The molecule has 0 bridgehead atoms. The molecule has 122 valence electrons. The quantitative estimate of drug-likeness (QED) is 0.720. The Hall–Kier alpha value is -1.33. The van der Waals surface area contributed by atoms with Crippen molar-refractivity contribution in [1.29, 1.82) is 0 Å². The van der Waals surface area contributed by atoms with Gasteiger partial charge in [0, 0.05) is 24.8 Å². The number of carbonyl (C=O) groups excluding carboxylic acids is 1. The van der Waals surface area contributed by atoms with Gasteiger partial charge in [-0.1, -0.05) is 0 Å². The molecule has 1 aliphatic heterocycles. The lowest BCUT2D eigenvalue weighted by Gasteiger charge is -2.22. The first kappa shape index (κ1) is 15.6. The Balaban J connectivity index is 1.34. The maximum atomic E-state index is 12.2. The molecule has 0 aromatic carbocycles. The van der Waals surface area contributed by atoms with E-state index in [0.717, 1.165) is 44.6 Å². The average Bonchev–Trinajstić information content (AvgIpc) is 3.08. The smallest absolute Gasteiger partial charge is 0.267 e. The predicted molar refractivity (Wildman–Crippen MR) is 86.0 cm³/mol. The minimum atomic E-state index is 0.0475. The summed E-state index contributed by atoms with van der Waals surface area (Å²) in [5.41, 5.74) is 0.794. The zero-order valence-corrected chi connectivity index (χ0v) is 13.2. The number of hydrogen-bond acceptors (Lipinski definition) is 3. The summed E-state index contributed by atoms with van der Waals surface area (Å²) in [6, 6.07) is 4.76. The molecule has 5 nitrogen and oxygen atoms in total. The molecule has 0 radical (unpaired) electrons. The second kappa shape index (κ2) is 7.29. The summed E-state index contributed by atoms with van der Waals surface area (Å²) in [6.45, 7) is 3.13. The monoisotopic (exact) mass is 305 g/mol. The number of amides is 1. The summed E-state index contributed by atoms with van der Waals surface area (Å²) >= 11 is 0. The Bertz CT molecular complexity index is 496. The molecule has 1 atom stereocenters. The second-order valence-electron chi connectivity index (χ2n) is 6.51. The van der Waals surface area contributed by atoms with E-state index < -0.39 is 0 Å². The third kappa shape index (κ3) is 3.70. The summed E-state index contributed by atoms with van der Waals surface area (Å²) in [7, 11) is 0. The highest BCUT2D eigenvalue weighted by Gasteiger charge is 2.26. The fourth-order valence-corrected chi connectivity index (χ4v) is 3.39. The highest BCUT2D eigenvalue weighted by atomic mass is 16.3. The summed E-state index contributed by atoms with van der Waals surface area (Å²) < 4.78 is 2.10. The molecule has 3 rings (SSSR count). The molecule has 0 spiro atoms. The summed E-state index contributed by atoms with van der Waals surface area (Å²) in [4.78, 5) is 14.6. The van der Waals surface area contributed by atoms with Gasteiger partial charge in [0.15, 0.2) is 0 Å². The van der Waals surface area contributed by atoms with Gasteiger partial charge in [-0.2, -0.15) is 0 Å². The van der Waals surface area contributed by atoms with E-state index >= 15 is 0 Å². The molecule has 1 amide bonds. The van der Waals surface area contributed by atoms with Gasteiger partial charge in [-0.25, -0.2) is 0 Å². The summed E-state index contributed by atoms with van der Waals surface area (Å²) in [5, 5.41) is 12.3. The van der Waals surface area contributed by atoms with E-state index in [4.69, 9.17) is 0 Å². The summed E-state index contributed by atoms with van der Waals surface area (Å²) in [6.07, 6.45) is 8.76. The van der Waals surface area contributed by atoms with Crippen LogP contribution >= 0.6 is 0 Å². The van der Waals surface area contributed by atoms with E-state index in [9.17, 15) is 9.90 Å². The number of hydrogen-bond donors (Lipinski definition) is 2. The fourth-order valence-electron chi connectivity index (χ4n) is 3.39. The molecule has 1 aromatic heterocycles.